The van der Waals surface area contributed by atoms with Crippen molar-refractivity contribution in [1.29, 1.82) is 0 Å². The van der Waals surface area contributed by atoms with Gasteiger partial charge in [-0.25, -0.2) is 8.42 Å². The Hall–Kier alpha value is -2.34. The predicted molar refractivity (Wildman–Crippen MR) is 113 cm³/mol. The summed E-state index contributed by atoms with van der Waals surface area (Å²) in [6.45, 7) is 9.22. The second-order valence-electron chi connectivity index (χ2n) is 8.37. The molecule has 0 unspecified atom stereocenters. The molecule has 0 aromatic heterocycles. The third-order valence-corrected chi connectivity index (χ3v) is 6.32. The van der Waals surface area contributed by atoms with E-state index in [0.717, 1.165) is 24.3 Å². The maximum atomic E-state index is 12.8. The SMILES string of the molecule is CC(C)(C)c1ccc(C(=O)N2CCN(c3ccc(S(C)(=O)=O)cc3)CC2)cc1. The number of carbonyl (C=O) groups excluding carboxylic acids is 1. The van der Waals surface area contributed by atoms with Gasteiger partial charge in [-0.3, -0.25) is 4.79 Å². The average molecular weight is 401 g/mol. The molecule has 2 aromatic carbocycles. The third kappa shape index (κ3) is 4.55. The third-order valence-electron chi connectivity index (χ3n) is 5.19. The fourth-order valence-corrected chi connectivity index (χ4v) is 4.00. The monoisotopic (exact) mass is 400 g/mol. The summed E-state index contributed by atoms with van der Waals surface area (Å²) >= 11 is 0. The van der Waals surface area contributed by atoms with Crippen LogP contribution in [0.3, 0.4) is 0 Å². The Morgan fingerprint density at radius 3 is 1.86 bits per heavy atom. The normalized spacial score (nSPS) is 15.6. The number of hydrogen-bond acceptors (Lipinski definition) is 4. The topological polar surface area (TPSA) is 57.7 Å². The summed E-state index contributed by atoms with van der Waals surface area (Å²) in [6, 6.07) is 14.8. The Bertz CT molecular complexity index is 935. The van der Waals surface area contributed by atoms with Crippen molar-refractivity contribution < 1.29 is 13.2 Å². The van der Waals surface area contributed by atoms with Gasteiger partial charge in [0, 0.05) is 43.7 Å². The highest BCUT2D eigenvalue weighted by atomic mass is 32.2. The molecule has 0 aliphatic carbocycles. The van der Waals surface area contributed by atoms with E-state index in [4.69, 9.17) is 0 Å². The highest BCUT2D eigenvalue weighted by Crippen LogP contribution is 2.23. The van der Waals surface area contributed by atoms with Gasteiger partial charge >= 0.3 is 0 Å². The molecule has 2 aromatic rings. The summed E-state index contributed by atoms with van der Waals surface area (Å²) in [5.41, 5.74) is 2.99. The standard InChI is InChI=1S/C22H28N2O3S/c1-22(2,3)18-7-5-17(6-8-18)21(25)24-15-13-23(14-16-24)19-9-11-20(12-10-19)28(4,26)27/h5-12H,13-16H2,1-4H3. The van der Waals surface area contributed by atoms with E-state index in [-0.39, 0.29) is 11.3 Å². The van der Waals surface area contributed by atoms with Gasteiger partial charge in [0.05, 0.1) is 4.90 Å². The molecule has 5 nitrogen and oxygen atoms in total. The van der Waals surface area contributed by atoms with Crippen molar-refractivity contribution >= 4 is 21.4 Å². The number of carbonyl (C=O) groups is 1. The first kappa shape index (κ1) is 20.4. The first-order chi connectivity index (χ1) is 13.1. The number of benzene rings is 2. The predicted octanol–water partition coefficient (Wildman–Crippen LogP) is 3.35. The summed E-state index contributed by atoms with van der Waals surface area (Å²) in [7, 11) is -3.18. The number of hydrogen-bond donors (Lipinski definition) is 0. The van der Waals surface area contributed by atoms with E-state index < -0.39 is 9.84 Å². The van der Waals surface area contributed by atoms with E-state index >= 15 is 0 Å². The lowest BCUT2D eigenvalue weighted by Gasteiger charge is -2.36. The molecule has 1 aliphatic rings. The number of amides is 1. The molecule has 6 heteroatoms. The van der Waals surface area contributed by atoms with Crippen molar-refractivity contribution in [2.45, 2.75) is 31.1 Å². The van der Waals surface area contributed by atoms with E-state index in [1.165, 1.54) is 11.8 Å². The van der Waals surface area contributed by atoms with Crippen LogP contribution in [0.5, 0.6) is 0 Å². The number of rotatable bonds is 3. The lowest BCUT2D eigenvalue weighted by atomic mass is 9.86. The fourth-order valence-electron chi connectivity index (χ4n) is 3.37. The zero-order valence-corrected chi connectivity index (χ0v) is 17.8. The summed E-state index contributed by atoms with van der Waals surface area (Å²) in [5.74, 6) is 0.0625. The molecule has 0 radical (unpaired) electrons. The molecule has 1 amide bonds. The molecule has 0 N–H and O–H groups in total. The minimum Gasteiger partial charge on any atom is -0.368 e. The molecule has 1 saturated heterocycles. The smallest absolute Gasteiger partial charge is 0.253 e. The Balaban J connectivity index is 1.62. The summed E-state index contributed by atoms with van der Waals surface area (Å²) in [6.07, 6.45) is 1.21. The van der Waals surface area contributed by atoms with E-state index in [1.807, 2.05) is 41.3 Å². The van der Waals surface area contributed by atoms with Crippen LogP contribution in [-0.2, 0) is 15.3 Å². The average Bonchev–Trinajstić information content (AvgIpc) is 2.66. The van der Waals surface area contributed by atoms with E-state index in [1.54, 1.807) is 12.1 Å². The van der Waals surface area contributed by atoms with Gasteiger partial charge in [0.1, 0.15) is 0 Å². The van der Waals surface area contributed by atoms with E-state index in [9.17, 15) is 13.2 Å². The van der Waals surface area contributed by atoms with Crippen LogP contribution in [0.4, 0.5) is 5.69 Å². The van der Waals surface area contributed by atoms with E-state index in [2.05, 4.69) is 25.7 Å². The Morgan fingerprint density at radius 1 is 0.857 bits per heavy atom. The molecule has 0 bridgehead atoms. The van der Waals surface area contributed by atoms with Gasteiger partial charge in [0.2, 0.25) is 0 Å². The molecular weight excluding hydrogens is 372 g/mol. The quantitative estimate of drug-likeness (QED) is 0.793. The minimum atomic E-state index is -3.18. The molecule has 1 heterocycles. The van der Waals surface area contributed by atoms with Crippen molar-refractivity contribution in [2.24, 2.45) is 0 Å². The summed E-state index contributed by atoms with van der Waals surface area (Å²) in [4.78, 5) is 17.2. The van der Waals surface area contributed by atoms with Gasteiger partial charge in [-0.1, -0.05) is 32.9 Å². The molecule has 0 atom stereocenters. The molecule has 1 aliphatic heterocycles. The molecular formula is C22H28N2O3S. The van der Waals surface area contributed by atoms with Crippen molar-refractivity contribution in [1.82, 2.24) is 4.90 Å². The first-order valence-corrected chi connectivity index (χ1v) is 11.4. The lowest BCUT2D eigenvalue weighted by molar-refractivity contribution is 0.0746. The number of piperazine rings is 1. The summed E-state index contributed by atoms with van der Waals surface area (Å²) in [5, 5.41) is 0. The van der Waals surface area contributed by atoms with Crippen LogP contribution in [0, 0.1) is 0 Å². The number of anilines is 1. The van der Waals surface area contributed by atoms with Crippen molar-refractivity contribution in [2.75, 3.05) is 37.3 Å². The second-order valence-corrected chi connectivity index (χ2v) is 10.4. The van der Waals surface area contributed by atoms with Crippen molar-refractivity contribution in [3.63, 3.8) is 0 Å². The maximum Gasteiger partial charge on any atom is 0.253 e. The number of sulfone groups is 1. The maximum absolute atomic E-state index is 12.8. The Morgan fingerprint density at radius 2 is 1.39 bits per heavy atom. The molecule has 1 fully saturated rings. The Kier molecular flexibility index (Phi) is 5.53. The lowest BCUT2D eigenvalue weighted by Crippen LogP contribution is -2.48. The van der Waals surface area contributed by atoms with Crippen LogP contribution in [-0.4, -0.2) is 51.7 Å². The highest BCUT2D eigenvalue weighted by molar-refractivity contribution is 7.90. The minimum absolute atomic E-state index is 0.0625. The van der Waals surface area contributed by atoms with Gasteiger partial charge in [0.15, 0.2) is 9.84 Å². The van der Waals surface area contributed by atoms with Crippen molar-refractivity contribution in [3.05, 3.63) is 59.7 Å². The zero-order valence-electron chi connectivity index (χ0n) is 17.0. The van der Waals surface area contributed by atoms with Gasteiger partial charge < -0.3 is 9.80 Å². The summed E-state index contributed by atoms with van der Waals surface area (Å²) < 4.78 is 23.2. The molecule has 0 saturated carbocycles. The second kappa shape index (κ2) is 7.59. The first-order valence-electron chi connectivity index (χ1n) is 9.50. The zero-order chi connectivity index (χ0) is 20.5. The number of nitrogens with zero attached hydrogens (tertiary/aromatic N) is 2. The van der Waals surface area contributed by atoms with Crippen LogP contribution in [0.15, 0.2) is 53.4 Å². The van der Waals surface area contributed by atoms with Gasteiger partial charge in [-0.15, -0.1) is 0 Å². The molecule has 0 spiro atoms. The van der Waals surface area contributed by atoms with Crippen LogP contribution < -0.4 is 4.90 Å². The van der Waals surface area contributed by atoms with E-state index in [0.29, 0.717) is 18.0 Å². The largest absolute Gasteiger partial charge is 0.368 e. The van der Waals surface area contributed by atoms with Gasteiger partial charge in [-0.05, 0) is 47.4 Å². The van der Waals surface area contributed by atoms with Crippen LogP contribution >= 0.6 is 0 Å². The highest BCUT2D eigenvalue weighted by Gasteiger charge is 2.23. The van der Waals surface area contributed by atoms with Crippen LogP contribution in [0.25, 0.3) is 0 Å². The Labute approximate surface area is 167 Å². The molecule has 3 rings (SSSR count). The molecule has 150 valence electrons. The van der Waals surface area contributed by atoms with Gasteiger partial charge in [-0.2, -0.15) is 0 Å². The molecule has 28 heavy (non-hydrogen) atoms. The van der Waals surface area contributed by atoms with Crippen LogP contribution in [0.1, 0.15) is 36.7 Å². The van der Waals surface area contributed by atoms with Crippen LogP contribution in [0.2, 0.25) is 0 Å². The van der Waals surface area contributed by atoms with Gasteiger partial charge in [0.25, 0.3) is 5.91 Å². The fraction of sp³-hybridized carbons (Fsp3) is 0.409. The van der Waals surface area contributed by atoms with Crippen molar-refractivity contribution in [3.8, 4) is 0 Å².